The van der Waals surface area contributed by atoms with Gasteiger partial charge in [-0.3, -0.25) is 0 Å². The molecule has 0 amide bonds. The van der Waals surface area contributed by atoms with Crippen molar-refractivity contribution < 1.29 is 19.5 Å². The van der Waals surface area contributed by atoms with E-state index in [9.17, 15) is 0 Å². The first kappa shape index (κ1) is 14.0. The molecule has 0 atom stereocenters. The van der Waals surface area contributed by atoms with Crippen LogP contribution in [0.3, 0.4) is 0 Å². The van der Waals surface area contributed by atoms with E-state index in [0.29, 0.717) is 12.3 Å². The normalized spacial score (nSPS) is 36.5. The Labute approximate surface area is 137 Å². The van der Waals surface area contributed by atoms with Crippen molar-refractivity contribution in [1.29, 1.82) is 0 Å². The number of ether oxygens (including phenoxy) is 3. The zero-order chi connectivity index (χ0) is 15.4. The molecule has 4 nitrogen and oxygen atoms in total. The summed E-state index contributed by atoms with van der Waals surface area (Å²) >= 11 is 0. The van der Waals surface area contributed by atoms with Crippen molar-refractivity contribution >= 4 is 0 Å². The van der Waals surface area contributed by atoms with Crippen LogP contribution in [0.4, 0.5) is 0 Å². The molecular weight excluding hydrogens is 290 g/mol. The fourth-order valence-electron chi connectivity index (χ4n) is 6.06. The van der Waals surface area contributed by atoms with Crippen LogP contribution >= 0.6 is 0 Å². The van der Waals surface area contributed by atoms with Crippen LogP contribution in [-0.2, 0) is 6.54 Å². The van der Waals surface area contributed by atoms with Gasteiger partial charge in [0.25, 0.3) is 0 Å². The zero-order valence-corrected chi connectivity index (χ0v) is 13.8. The topological polar surface area (TPSA) is 44.3 Å². The van der Waals surface area contributed by atoms with Crippen molar-refractivity contribution in [3.05, 3.63) is 17.7 Å². The van der Waals surface area contributed by atoms with Crippen molar-refractivity contribution in [3.8, 4) is 17.2 Å². The van der Waals surface area contributed by atoms with Crippen LogP contribution in [0, 0.1) is 17.8 Å². The molecule has 0 aromatic heterocycles. The molecule has 0 radical (unpaired) electrons. The molecule has 6 rings (SSSR count). The van der Waals surface area contributed by atoms with Gasteiger partial charge in [0, 0.05) is 24.8 Å². The molecular formula is C19H26NO3+. The van der Waals surface area contributed by atoms with E-state index in [1.165, 1.54) is 44.1 Å². The third-order valence-corrected chi connectivity index (χ3v) is 6.57. The van der Waals surface area contributed by atoms with Gasteiger partial charge < -0.3 is 19.5 Å². The van der Waals surface area contributed by atoms with E-state index in [-0.39, 0.29) is 0 Å². The minimum Gasteiger partial charge on any atom is -0.493 e. The molecule has 4 aliphatic carbocycles. The average Bonchev–Trinajstić information content (AvgIpc) is 2.99. The molecule has 23 heavy (non-hydrogen) atoms. The van der Waals surface area contributed by atoms with Crippen LogP contribution in [0.15, 0.2) is 12.1 Å². The first-order valence-electron chi connectivity index (χ1n) is 9.04. The number of quaternary nitrogens is 1. The number of hydrogen-bond acceptors (Lipinski definition) is 3. The van der Waals surface area contributed by atoms with Gasteiger partial charge in [0.05, 0.1) is 12.6 Å². The third kappa shape index (κ3) is 2.30. The van der Waals surface area contributed by atoms with Crippen LogP contribution in [0.2, 0.25) is 0 Å². The number of hydrogen-bond donors (Lipinski definition) is 1. The lowest BCUT2D eigenvalue weighted by molar-refractivity contribution is -0.752. The molecule has 0 unspecified atom stereocenters. The lowest BCUT2D eigenvalue weighted by atomic mass is 9.53. The van der Waals surface area contributed by atoms with E-state index in [0.717, 1.165) is 41.5 Å². The number of methoxy groups -OCH3 is 1. The van der Waals surface area contributed by atoms with Crippen molar-refractivity contribution in [2.75, 3.05) is 13.9 Å². The molecule has 1 aromatic carbocycles. The Kier molecular flexibility index (Phi) is 3.06. The number of benzene rings is 1. The Morgan fingerprint density at radius 2 is 1.78 bits per heavy atom. The summed E-state index contributed by atoms with van der Waals surface area (Å²) in [4.78, 5) is 0. The molecule has 4 bridgehead atoms. The lowest BCUT2D eigenvalue weighted by Crippen LogP contribution is -2.97. The van der Waals surface area contributed by atoms with E-state index in [2.05, 4.69) is 17.4 Å². The minimum absolute atomic E-state index is 0.299. The second-order valence-electron chi connectivity index (χ2n) is 8.22. The second kappa shape index (κ2) is 5.04. The number of fused-ring (bicyclic) bond motifs is 1. The van der Waals surface area contributed by atoms with Crippen LogP contribution in [-0.4, -0.2) is 19.4 Å². The Morgan fingerprint density at radius 3 is 2.43 bits per heavy atom. The van der Waals surface area contributed by atoms with E-state index in [4.69, 9.17) is 14.2 Å². The van der Waals surface area contributed by atoms with Gasteiger partial charge in [-0.15, -0.1) is 0 Å². The van der Waals surface area contributed by atoms with E-state index in [1.54, 1.807) is 7.11 Å². The molecule has 5 aliphatic rings. The second-order valence-corrected chi connectivity index (χ2v) is 8.22. The molecule has 4 saturated carbocycles. The Morgan fingerprint density at radius 1 is 1.09 bits per heavy atom. The molecule has 1 aliphatic heterocycles. The SMILES string of the molecule is COc1cc(C[NH2+]C23CC4CC(CC(C4)C2)C3)cc2c1OCO2. The van der Waals surface area contributed by atoms with Gasteiger partial charge >= 0.3 is 0 Å². The van der Waals surface area contributed by atoms with Crippen molar-refractivity contribution in [2.45, 2.75) is 50.6 Å². The predicted octanol–water partition coefficient (Wildman–Crippen LogP) is 2.46. The summed E-state index contributed by atoms with van der Waals surface area (Å²) in [7, 11) is 1.70. The molecule has 2 N–H and O–H groups in total. The summed E-state index contributed by atoms with van der Waals surface area (Å²) in [6.45, 7) is 1.31. The maximum Gasteiger partial charge on any atom is 0.231 e. The quantitative estimate of drug-likeness (QED) is 0.928. The van der Waals surface area contributed by atoms with Crippen molar-refractivity contribution in [3.63, 3.8) is 0 Å². The summed E-state index contributed by atoms with van der Waals surface area (Å²) in [5, 5.41) is 2.63. The maximum atomic E-state index is 5.56. The fraction of sp³-hybridized carbons (Fsp3) is 0.684. The number of rotatable bonds is 4. The standard InChI is InChI=1S/C19H25NO3/c1-21-16-5-15(6-17-18(16)23-11-22-17)10-20-19-7-12-2-13(8-19)4-14(3-12)9-19/h5-6,12-14,20H,2-4,7-11H2,1H3/p+1. The summed E-state index contributed by atoms with van der Waals surface area (Å²) in [5.74, 6) is 5.40. The summed E-state index contributed by atoms with van der Waals surface area (Å²) in [6.07, 6.45) is 8.81. The average molecular weight is 316 g/mol. The monoisotopic (exact) mass is 316 g/mol. The van der Waals surface area contributed by atoms with Crippen LogP contribution in [0.5, 0.6) is 17.2 Å². The maximum absolute atomic E-state index is 5.56. The molecule has 124 valence electrons. The highest BCUT2D eigenvalue weighted by Gasteiger charge is 2.53. The third-order valence-electron chi connectivity index (χ3n) is 6.57. The van der Waals surface area contributed by atoms with Crippen LogP contribution in [0.1, 0.15) is 44.1 Å². The van der Waals surface area contributed by atoms with Gasteiger partial charge in [-0.2, -0.15) is 0 Å². The van der Waals surface area contributed by atoms with Crippen molar-refractivity contribution in [2.24, 2.45) is 17.8 Å². The van der Waals surface area contributed by atoms with Gasteiger partial charge in [0.1, 0.15) is 6.54 Å². The van der Waals surface area contributed by atoms with Gasteiger partial charge in [0.15, 0.2) is 11.5 Å². The lowest BCUT2D eigenvalue weighted by Gasteiger charge is -2.54. The minimum atomic E-state index is 0.299. The van der Waals surface area contributed by atoms with E-state index < -0.39 is 0 Å². The van der Waals surface area contributed by atoms with Crippen molar-refractivity contribution in [1.82, 2.24) is 0 Å². The van der Waals surface area contributed by atoms with E-state index in [1.807, 2.05) is 0 Å². The molecule has 4 fully saturated rings. The van der Waals surface area contributed by atoms with Gasteiger partial charge in [0.2, 0.25) is 12.5 Å². The first-order chi connectivity index (χ1) is 11.2. The smallest absolute Gasteiger partial charge is 0.231 e. The Balaban J connectivity index is 1.35. The molecule has 1 heterocycles. The molecule has 0 saturated heterocycles. The molecule has 0 spiro atoms. The van der Waals surface area contributed by atoms with Gasteiger partial charge in [-0.1, -0.05) is 0 Å². The zero-order valence-electron chi connectivity index (χ0n) is 13.8. The highest BCUT2D eigenvalue weighted by atomic mass is 16.7. The Hall–Kier alpha value is -1.42. The van der Waals surface area contributed by atoms with Gasteiger partial charge in [-0.25, -0.2) is 0 Å². The number of nitrogens with two attached hydrogens (primary N) is 1. The van der Waals surface area contributed by atoms with Crippen LogP contribution < -0.4 is 19.5 Å². The highest BCUT2D eigenvalue weighted by Crippen LogP contribution is 2.54. The Bertz CT molecular complexity index is 592. The molecule has 1 aromatic rings. The fourth-order valence-corrected chi connectivity index (χ4v) is 6.06. The van der Waals surface area contributed by atoms with E-state index >= 15 is 0 Å². The summed E-state index contributed by atoms with van der Waals surface area (Å²) in [6, 6.07) is 4.24. The largest absolute Gasteiger partial charge is 0.493 e. The van der Waals surface area contributed by atoms with Crippen LogP contribution in [0.25, 0.3) is 0 Å². The first-order valence-corrected chi connectivity index (χ1v) is 9.04. The summed E-state index contributed by atoms with van der Waals surface area (Å²) < 4.78 is 16.5. The summed E-state index contributed by atoms with van der Waals surface area (Å²) in [5.41, 5.74) is 1.79. The molecule has 4 heteroatoms. The predicted molar refractivity (Wildman–Crippen MR) is 85.6 cm³/mol. The van der Waals surface area contributed by atoms with Gasteiger partial charge in [-0.05, 0) is 49.1 Å². The highest BCUT2D eigenvalue weighted by molar-refractivity contribution is 5.54.